The second-order valence-electron chi connectivity index (χ2n) is 6.41. The highest BCUT2D eigenvalue weighted by molar-refractivity contribution is 6.14. The maximum atomic E-state index is 12.4. The molecular weight excluding hydrogens is 348 g/mol. The SMILES string of the molecule is CCc1ccc(NC(=O)C(C#N)C(=O)/C=C/c2cccc3ccccc23)cc1. The first kappa shape index (κ1) is 19.1. The average Bonchev–Trinajstić information content (AvgIpc) is 2.73. The number of amides is 1. The number of allylic oxidation sites excluding steroid dienone is 1. The summed E-state index contributed by atoms with van der Waals surface area (Å²) in [6, 6.07) is 22.8. The van der Waals surface area contributed by atoms with Gasteiger partial charge in [-0.2, -0.15) is 5.26 Å². The van der Waals surface area contributed by atoms with Crippen molar-refractivity contribution in [3.8, 4) is 6.07 Å². The molecule has 4 nitrogen and oxygen atoms in total. The van der Waals surface area contributed by atoms with Crippen LogP contribution in [0.5, 0.6) is 0 Å². The molecule has 1 amide bonds. The van der Waals surface area contributed by atoms with Crippen LogP contribution in [0.1, 0.15) is 18.1 Å². The first-order valence-electron chi connectivity index (χ1n) is 9.11. The molecule has 0 saturated heterocycles. The van der Waals surface area contributed by atoms with Crippen molar-refractivity contribution in [1.29, 1.82) is 5.26 Å². The van der Waals surface area contributed by atoms with E-state index in [2.05, 4.69) is 5.32 Å². The predicted molar refractivity (Wildman–Crippen MR) is 112 cm³/mol. The highest BCUT2D eigenvalue weighted by Crippen LogP contribution is 2.20. The molecule has 0 aromatic heterocycles. The smallest absolute Gasteiger partial charge is 0.249 e. The Balaban J connectivity index is 1.74. The summed E-state index contributed by atoms with van der Waals surface area (Å²) in [4.78, 5) is 24.8. The number of fused-ring (bicyclic) bond motifs is 1. The zero-order chi connectivity index (χ0) is 19.9. The molecule has 4 heteroatoms. The predicted octanol–water partition coefficient (Wildman–Crippen LogP) is 4.76. The molecule has 0 heterocycles. The number of nitrogens with one attached hydrogen (secondary N) is 1. The van der Waals surface area contributed by atoms with Gasteiger partial charge in [0.05, 0.1) is 6.07 Å². The van der Waals surface area contributed by atoms with Crippen LogP contribution in [0.4, 0.5) is 5.69 Å². The monoisotopic (exact) mass is 368 g/mol. The lowest BCUT2D eigenvalue weighted by Crippen LogP contribution is -2.27. The van der Waals surface area contributed by atoms with Crippen molar-refractivity contribution >= 4 is 34.2 Å². The molecule has 0 spiro atoms. The van der Waals surface area contributed by atoms with E-state index in [-0.39, 0.29) is 0 Å². The van der Waals surface area contributed by atoms with Gasteiger partial charge in [0.15, 0.2) is 11.7 Å². The Morgan fingerprint density at radius 3 is 2.46 bits per heavy atom. The molecule has 3 aromatic carbocycles. The van der Waals surface area contributed by atoms with Crippen LogP contribution in [0, 0.1) is 17.2 Å². The Morgan fingerprint density at radius 2 is 1.75 bits per heavy atom. The van der Waals surface area contributed by atoms with E-state index in [1.807, 2.05) is 61.5 Å². The zero-order valence-corrected chi connectivity index (χ0v) is 15.6. The largest absolute Gasteiger partial charge is 0.325 e. The maximum Gasteiger partial charge on any atom is 0.249 e. The lowest BCUT2D eigenvalue weighted by molar-refractivity contribution is -0.126. The summed E-state index contributed by atoms with van der Waals surface area (Å²) in [5.41, 5.74) is 2.57. The van der Waals surface area contributed by atoms with E-state index in [0.717, 1.165) is 28.3 Å². The highest BCUT2D eigenvalue weighted by atomic mass is 16.2. The third-order valence-electron chi connectivity index (χ3n) is 4.56. The summed E-state index contributed by atoms with van der Waals surface area (Å²) in [6.45, 7) is 2.04. The van der Waals surface area contributed by atoms with Crippen molar-refractivity contribution in [1.82, 2.24) is 0 Å². The summed E-state index contributed by atoms with van der Waals surface area (Å²) in [6.07, 6.45) is 3.85. The van der Waals surface area contributed by atoms with Crippen molar-refractivity contribution in [2.24, 2.45) is 5.92 Å². The Hall–Kier alpha value is -3.71. The van der Waals surface area contributed by atoms with Crippen LogP contribution in [0.2, 0.25) is 0 Å². The molecule has 3 aromatic rings. The number of benzene rings is 3. The number of anilines is 1. The number of nitriles is 1. The molecule has 0 aliphatic carbocycles. The van der Waals surface area contributed by atoms with E-state index in [0.29, 0.717) is 5.69 Å². The molecule has 138 valence electrons. The minimum Gasteiger partial charge on any atom is -0.325 e. The Morgan fingerprint density at radius 1 is 1.04 bits per heavy atom. The zero-order valence-electron chi connectivity index (χ0n) is 15.6. The summed E-state index contributed by atoms with van der Waals surface area (Å²) < 4.78 is 0. The normalized spacial score (nSPS) is 11.9. The molecule has 0 bridgehead atoms. The fourth-order valence-electron chi connectivity index (χ4n) is 2.95. The number of ketones is 1. The second kappa shape index (κ2) is 8.79. The number of hydrogen-bond acceptors (Lipinski definition) is 3. The van der Waals surface area contributed by atoms with E-state index >= 15 is 0 Å². The van der Waals surface area contributed by atoms with Gasteiger partial charge in [-0.05, 0) is 46.5 Å². The van der Waals surface area contributed by atoms with Crippen molar-refractivity contribution in [3.63, 3.8) is 0 Å². The topological polar surface area (TPSA) is 70.0 Å². The first-order valence-corrected chi connectivity index (χ1v) is 9.11. The lowest BCUT2D eigenvalue weighted by atomic mass is 10.0. The molecule has 3 rings (SSSR count). The molecule has 0 aliphatic heterocycles. The molecule has 1 unspecified atom stereocenters. The van der Waals surface area contributed by atoms with Gasteiger partial charge in [-0.15, -0.1) is 0 Å². The van der Waals surface area contributed by atoms with Gasteiger partial charge >= 0.3 is 0 Å². The Kier molecular flexibility index (Phi) is 5.98. The van der Waals surface area contributed by atoms with Gasteiger partial charge in [0.1, 0.15) is 0 Å². The van der Waals surface area contributed by atoms with Crippen molar-refractivity contribution in [3.05, 3.63) is 83.9 Å². The van der Waals surface area contributed by atoms with Crippen LogP contribution >= 0.6 is 0 Å². The van der Waals surface area contributed by atoms with Crippen molar-refractivity contribution in [2.75, 3.05) is 5.32 Å². The fraction of sp³-hybridized carbons (Fsp3) is 0.125. The van der Waals surface area contributed by atoms with E-state index in [4.69, 9.17) is 0 Å². The number of aryl methyl sites for hydroxylation is 1. The highest BCUT2D eigenvalue weighted by Gasteiger charge is 2.24. The summed E-state index contributed by atoms with van der Waals surface area (Å²) >= 11 is 0. The first-order chi connectivity index (χ1) is 13.6. The summed E-state index contributed by atoms with van der Waals surface area (Å²) in [7, 11) is 0. The maximum absolute atomic E-state index is 12.4. The van der Waals surface area contributed by atoms with Crippen LogP contribution in [0.3, 0.4) is 0 Å². The minimum absolute atomic E-state index is 0.543. The molecular formula is C24H20N2O2. The van der Waals surface area contributed by atoms with E-state index < -0.39 is 17.6 Å². The second-order valence-corrected chi connectivity index (χ2v) is 6.41. The van der Waals surface area contributed by atoms with Crippen LogP contribution in [-0.2, 0) is 16.0 Å². The third kappa shape index (κ3) is 4.33. The summed E-state index contributed by atoms with van der Waals surface area (Å²) in [5, 5.41) is 14.0. The van der Waals surface area contributed by atoms with Crippen LogP contribution in [-0.4, -0.2) is 11.7 Å². The Bertz CT molecular complexity index is 1070. The van der Waals surface area contributed by atoms with Crippen LogP contribution in [0.25, 0.3) is 16.8 Å². The number of rotatable bonds is 6. The molecule has 1 atom stereocenters. The van der Waals surface area contributed by atoms with Crippen LogP contribution in [0.15, 0.2) is 72.8 Å². The standard InChI is InChI=1S/C24H20N2O2/c1-2-17-10-13-20(14-11-17)26-24(28)22(16-25)23(27)15-12-19-8-5-7-18-6-3-4-9-21(18)19/h3-15,22H,2H2,1H3,(H,26,28)/b15-12+. The molecule has 0 fully saturated rings. The van der Waals surface area contributed by atoms with Crippen LogP contribution < -0.4 is 5.32 Å². The quantitative estimate of drug-likeness (QED) is 0.504. The number of hydrogen-bond donors (Lipinski definition) is 1. The number of nitrogens with zero attached hydrogens (tertiary/aromatic N) is 1. The molecule has 1 N–H and O–H groups in total. The van der Waals surface area contributed by atoms with Gasteiger partial charge in [-0.3, -0.25) is 9.59 Å². The van der Waals surface area contributed by atoms with Gasteiger partial charge in [0.25, 0.3) is 0 Å². The minimum atomic E-state index is -1.39. The van der Waals surface area contributed by atoms with Gasteiger partial charge in [0.2, 0.25) is 5.91 Å². The third-order valence-corrected chi connectivity index (χ3v) is 4.56. The number of carbonyl (C=O) groups is 2. The van der Waals surface area contributed by atoms with Crippen molar-refractivity contribution < 1.29 is 9.59 Å². The molecule has 0 saturated carbocycles. The molecule has 0 radical (unpaired) electrons. The Labute approximate surface area is 164 Å². The molecule has 28 heavy (non-hydrogen) atoms. The van der Waals surface area contributed by atoms with Gasteiger partial charge < -0.3 is 5.32 Å². The van der Waals surface area contributed by atoms with E-state index in [1.54, 1.807) is 24.3 Å². The summed E-state index contributed by atoms with van der Waals surface area (Å²) in [5.74, 6) is -2.56. The van der Waals surface area contributed by atoms with E-state index in [9.17, 15) is 14.9 Å². The lowest BCUT2D eigenvalue weighted by Gasteiger charge is -2.08. The fourth-order valence-corrected chi connectivity index (χ4v) is 2.95. The van der Waals surface area contributed by atoms with Crippen molar-refractivity contribution in [2.45, 2.75) is 13.3 Å². The van der Waals surface area contributed by atoms with Gasteiger partial charge in [-0.25, -0.2) is 0 Å². The van der Waals surface area contributed by atoms with E-state index in [1.165, 1.54) is 6.08 Å². The van der Waals surface area contributed by atoms with Gasteiger partial charge in [0, 0.05) is 5.69 Å². The number of carbonyl (C=O) groups excluding carboxylic acids is 2. The molecule has 0 aliphatic rings. The average molecular weight is 368 g/mol. The van der Waals surface area contributed by atoms with Gasteiger partial charge in [-0.1, -0.05) is 67.6 Å².